The number of thiophene rings is 1. The number of aromatic nitrogens is 2. The molecule has 6 nitrogen and oxygen atoms in total. The fourth-order valence-electron chi connectivity index (χ4n) is 1.82. The van der Waals surface area contributed by atoms with Crippen molar-refractivity contribution in [1.29, 1.82) is 0 Å². The molecule has 0 saturated carbocycles. The van der Waals surface area contributed by atoms with Crippen molar-refractivity contribution in [3.8, 4) is 11.5 Å². The molecule has 2 aromatic heterocycles. The summed E-state index contributed by atoms with van der Waals surface area (Å²) in [7, 11) is -3.58. The van der Waals surface area contributed by atoms with Crippen LogP contribution in [0.1, 0.15) is 10.8 Å². The van der Waals surface area contributed by atoms with Crippen molar-refractivity contribution in [2.45, 2.75) is 17.7 Å². The normalized spacial score (nSPS) is 11.7. The van der Waals surface area contributed by atoms with E-state index in [1.807, 2.05) is 6.92 Å². The van der Waals surface area contributed by atoms with Crippen LogP contribution in [0.15, 0.2) is 45.0 Å². The quantitative estimate of drug-likeness (QED) is 0.746. The zero-order valence-electron chi connectivity index (χ0n) is 12.0. The van der Waals surface area contributed by atoms with Gasteiger partial charge in [0, 0.05) is 15.5 Å². The molecule has 0 aliphatic rings. The Hall–Kier alpha value is -1.74. The molecule has 3 rings (SSSR count). The Labute approximate surface area is 142 Å². The van der Waals surface area contributed by atoms with E-state index in [4.69, 9.17) is 16.0 Å². The Morgan fingerprint density at radius 1 is 1.17 bits per heavy atom. The molecule has 9 heteroatoms. The van der Waals surface area contributed by atoms with Crippen LogP contribution >= 0.6 is 22.9 Å². The lowest BCUT2D eigenvalue weighted by molar-refractivity contribution is 0.494. The lowest BCUT2D eigenvalue weighted by Gasteiger charge is -2.01. The summed E-state index contributed by atoms with van der Waals surface area (Å²) in [5.74, 6) is 0.495. The summed E-state index contributed by atoms with van der Waals surface area (Å²) in [6.07, 6.45) is 0. The fourth-order valence-corrected chi connectivity index (χ4v) is 4.25. The maximum absolute atomic E-state index is 12.1. The van der Waals surface area contributed by atoms with Crippen LogP contribution in [0.2, 0.25) is 5.02 Å². The first-order chi connectivity index (χ1) is 10.9. The van der Waals surface area contributed by atoms with Crippen LogP contribution in [0.4, 0.5) is 0 Å². The summed E-state index contributed by atoms with van der Waals surface area (Å²) in [5, 5.41) is 8.35. The number of rotatable bonds is 5. The highest BCUT2D eigenvalue weighted by Gasteiger charge is 2.17. The zero-order chi connectivity index (χ0) is 16.4. The minimum atomic E-state index is -3.58. The average molecular weight is 370 g/mol. The van der Waals surface area contributed by atoms with E-state index in [-0.39, 0.29) is 16.6 Å². The van der Waals surface area contributed by atoms with E-state index in [0.29, 0.717) is 16.5 Å². The van der Waals surface area contributed by atoms with Crippen LogP contribution in [-0.2, 0) is 16.6 Å². The second-order valence-corrected chi connectivity index (χ2v) is 8.42. The van der Waals surface area contributed by atoms with Gasteiger partial charge in [0.15, 0.2) is 0 Å². The molecule has 0 radical (unpaired) electrons. The molecule has 3 aromatic rings. The number of hydrogen-bond donors (Lipinski definition) is 1. The molecule has 1 N–H and O–H groups in total. The van der Waals surface area contributed by atoms with Crippen molar-refractivity contribution >= 4 is 33.0 Å². The predicted octanol–water partition coefficient (Wildman–Crippen LogP) is 3.24. The van der Waals surface area contributed by atoms with Crippen molar-refractivity contribution in [1.82, 2.24) is 14.9 Å². The van der Waals surface area contributed by atoms with Crippen LogP contribution in [0.3, 0.4) is 0 Å². The monoisotopic (exact) mass is 369 g/mol. The fraction of sp³-hybridized carbons (Fsp3) is 0.143. The van der Waals surface area contributed by atoms with Gasteiger partial charge >= 0.3 is 0 Å². The van der Waals surface area contributed by atoms with Gasteiger partial charge in [-0.05, 0) is 43.3 Å². The first kappa shape index (κ1) is 16.1. The zero-order valence-corrected chi connectivity index (χ0v) is 14.4. The molecule has 0 bridgehead atoms. The second-order valence-electron chi connectivity index (χ2n) is 4.70. The smallest absolute Gasteiger partial charge is 0.250 e. The van der Waals surface area contributed by atoms with Crippen molar-refractivity contribution < 1.29 is 12.8 Å². The van der Waals surface area contributed by atoms with E-state index in [9.17, 15) is 8.42 Å². The van der Waals surface area contributed by atoms with Gasteiger partial charge in [-0.1, -0.05) is 11.6 Å². The van der Waals surface area contributed by atoms with Gasteiger partial charge in [-0.3, -0.25) is 0 Å². The van der Waals surface area contributed by atoms with E-state index in [1.165, 1.54) is 11.3 Å². The van der Waals surface area contributed by atoms with Crippen LogP contribution in [-0.4, -0.2) is 18.6 Å². The predicted molar refractivity (Wildman–Crippen MR) is 87.8 cm³/mol. The first-order valence-electron chi connectivity index (χ1n) is 6.58. The summed E-state index contributed by atoms with van der Waals surface area (Å²) in [4.78, 5) is 0.924. The molecule has 2 heterocycles. The molecule has 0 aliphatic heterocycles. The SMILES string of the molecule is Cc1ccc(S(=O)(=O)NCc2nnc(-c3ccc(Cl)cc3)o2)s1. The van der Waals surface area contributed by atoms with E-state index < -0.39 is 10.0 Å². The van der Waals surface area contributed by atoms with Crippen molar-refractivity contribution in [2.24, 2.45) is 0 Å². The molecule has 1 aromatic carbocycles. The van der Waals surface area contributed by atoms with Gasteiger partial charge in [0.1, 0.15) is 4.21 Å². The van der Waals surface area contributed by atoms with Crippen molar-refractivity contribution in [2.75, 3.05) is 0 Å². The molecule has 0 atom stereocenters. The van der Waals surface area contributed by atoms with Gasteiger partial charge in [-0.15, -0.1) is 21.5 Å². The summed E-state index contributed by atoms with van der Waals surface area (Å²) in [5.41, 5.74) is 0.713. The Balaban J connectivity index is 1.71. The summed E-state index contributed by atoms with van der Waals surface area (Å²) in [6, 6.07) is 10.2. The highest BCUT2D eigenvalue weighted by molar-refractivity contribution is 7.91. The molecule has 0 aliphatic carbocycles. The number of aryl methyl sites for hydroxylation is 1. The molecule has 0 saturated heterocycles. The van der Waals surface area contributed by atoms with E-state index in [2.05, 4.69) is 14.9 Å². The second kappa shape index (κ2) is 6.40. The summed E-state index contributed by atoms with van der Waals surface area (Å²) < 4.78 is 32.4. The Morgan fingerprint density at radius 3 is 2.57 bits per heavy atom. The summed E-state index contributed by atoms with van der Waals surface area (Å²) >= 11 is 7.03. The Morgan fingerprint density at radius 2 is 1.91 bits per heavy atom. The lowest BCUT2D eigenvalue weighted by atomic mass is 10.2. The van der Waals surface area contributed by atoms with E-state index in [1.54, 1.807) is 36.4 Å². The lowest BCUT2D eigenvalue weighted by Crippen LogP contribution is -2.22. The molecular weight excluding hydrogens is 358 g/mol. The number of halogens is 1. The van der Waals surface area contributed by atoms with Crippen LogP contribution < -0.4 is 4.72 Å². The maximum atomic E-state index is 12.1. The third kappa shape index (κ3) is 3.78. The maximum Gasteiger partial charge on any atom is 0.250 e. The van der Waals surface area contributed by atoms with Crippen LogP contribution in [0.25, 0.3) is 11.5 Å². The molecular formula is C14H12ClN3O3S2. The number of nitrogens with zero attached hydrogens (tertiary/aromatic N) is 2. The molecule has 0 spiro atoms. The van der Waals surface area contributed by atoms with Crippen molar-refractivity contribution in [3.05, 3.63) is 52.2 Å². The van der Waals surface area contributed by atoms with Gasteiger partial charge in [0.2, 0.25) is 11.8 Å². The molecule has 120 valence electrons. The highest BCUT2D eigenvalue weighted by atomic mass is 35.5. The summed E-state index contributed by atoms with van der Waals surface area (Å²) in [6.45, 7) is 1.78. The number of nitrogens with one attached hydrogen (secondary N) is 1. The standard InChI is InChI=1S/C14H12ClN3O3S2/c1-9-2-7-13(22-9)23(19,20)16-8-12-17-18-14(21-12)10-3-5-11(15)6-4-10/h2-7,16H,8H2,1H3. The average Bonchev–Trinajstić information content (AvgIpc) is 3.15. The highest BCUT2D eigenvalue weighted by Crippen LogP contribution is 2.22. The van der Waals surface area contributed by atoms with Crippen LogP contribution in [0.5, 0.6) is 0 Å². The third-order valence-electron chi connectivity index (χ3n) is 2.95. The van der Waals surface area contributed by atoms with Gasteiger partial charge in [0.05, 0.1) is 6.54 Å². The minimum absolute atomic E-state index is 0.0696. The molecule has 0 fully saturated rings. The largest absolute Gasteiger partial charge is 0.419 e. The number of benzene rings is 1. The van der Waals surface area contributed by atoms with E-state index in [0.717, 1.165) is 4.88 Å². The third-order valence-corrected chi connectivity index (χ3v) is 6.10. The van der Waals surface area contributed by atoms with E-state index >= 15 is 0 Å². The Kier molecular flexibility index (Phi) is 4.49. The van der Waals surface area contributed by atoms with Crippen LogP contribution in [0, 0.1) is 6.92 Å². The first-order valence-corrected chi connectivity index (χ1v) is 9.26. The topological polar surface area (TPSA) is 85.1 Å². The van der Waals surface area contributed by atoms with Crippen molar-refractivity contribution in [3.63, 3.8) is 0 Å². The Bertz CT molecular complexity index is 917. The molecule has 0 unspecified atom stereocenters. The minimum Gasteiger partial charge on any atom is -0.419 e. The van der Waals surface area contributed by atoms with Gasteiger partial charge in [-0.2, -0.15) is 0 Å². The molecule has 0 amide bonds. The van der Waals surface area contributed by atoms with Gasteiger partial charge < -0.3 is 4.42 Å². The van der Waals surface area contributed by atoms with Gasteiger partial charge in [0.25, 0.3) is 10.0 Å². The number of sulfonamides is 1. The molecule has 23 heavy (non-hydrogen) atoms. The number of hydrogen-bond acceptors (Lipinski definition) is 6. The van der Waals surface area contributed by atoms with Gasteiger partial charge in [-0.25, -0.2) is 13.1 Å².